The molecular formula is C26H31N3O3. The van der Waals surface area contributed by atoms with Crippen molar-refractivity contribution in [1.29, 1.82) is 0 Å². The maximum Gasteiger partial charge on any atom is 0.272 e. The van der Waals surface area contributed by atoms with Gasteiger partial charge >= 0.3 is 0 Å². The normalized spacial score (nSPS) is 14.0. The summed E-state index contributed by atoms with van der Waals surface area (Å²) in [6, 6.07) is 17.9. The summed E-state index contributed by atoms with van der Waals surface area (Å²) < 4.78 is 11.4. The summed E-state index contributed by atoms with van der Waals surface area (Å²) in [5.41, 5.74) is 3.30. The molecule has 1 aliphatic carbocycles. The molecule has 1 amide bonds. The molecule has 0 radical (unpaired) electrons. The molecule has 0 unspecified atom stereocenters. The molecule has 2 aromatic carbocycles. The number of amides is 1. The minimum absolute atomic E-state index is 0.0197. The lowest BCUT2D eigenvalue weighted by Crippen LogP contribution is -2.38. The molecule has 1 aromatic heterocycles. The van der Waals surface area contributed by atoms with Crippen LogP contribution in [0, 0.1) is 0 Å². The van der Waals surface area contributed by atoms with Gasteiger partial charge in [-0.25, -0.2) is 0 Å². The van der Waals surface area contributed by atoms with Crippen molar-refractivity contribution in [2.45, 2.75) is 58.2 Å². The molecule has 1 N–H and O–H groups in total. The molecule has 0 atom stereocenters. The van der Waals surface area contributed by atoms with Gasteiger partial charge in [-0.15, -0.1) is 0 Å². The van der Waals surface area contributed by atoms with Crippen LogP contribution in [0.2, 0.25) is 0 Å². The summed E-state index contributed by atoms with van der Waals surface area (Å²) in [5, 5.41) is 7.35. The largest absolute Gasteiger partial charge is 0.493 e. The van der Waals surface area contributed by atoms with Gasteiger partial charge in [-0.1, -0.05) is 49.2 Å². The Morgan fingerprint density at radius 1 is 1.09 bits per heavy atom. The lowest BCUT2D eigenvalue weighted by molar-refractivity contribution is 0.0658. The van der Waals surface area contributed by atoms with E-state index in [2.05, 4.69) is 10.2 Å². The number of aromatic amines is 1. The highest BCUT2D eigenvalue weighted by Gasteiger charge is 2.29. The molecule has 0 spiro atoms. The first kappa shape index (κ1) is 21.9. The molecule has 32 heavy (non-hydrogen) atoms. The zero-order chi connectivity index (χ0) is 22.5. The zero-order valence-corrected chi connectivity index (χ0v) is 19.0. The number of carbonyl (C=O) groups excluding carboxylic acids is 1. The molecule has 0 saturated heterocycles. The quantitative estimate of drug-likeness (QED) is 0.512. The second-order valence-electron chi connectivity index (χ2n) is 8.56. The summed E-state index contributed by atoms with van der Waals surface area (Å²) in [5.74, 6) is 1.38. The second kappa shape index (κ2) is 9.90. The van der Waals surface area contributed by atoms with Crippen LogP contribution in [0.4, 0.5) is 0 Å². The first-order valence-corrected chi connectivity index (χ1v) is 11.3. The summed E-state index contributed by atoms with van der Waals surface area (Å²) in [4.78, 5) is 15.5. The fourth-order valence-electron chi connectivity index (χ4n) is 4.29. The van der Waals surface area contributed by atoms with Gasteiger partial charge < -0.3 is 14.4 Å². The molecule has 1 aliphatic rings. The van der Waals surface area contributed by atoms with Crippen LogP contribution >= 0.6 is 0 Å². The molecular weight excluding hydrogens is 402 g/mol. The van der Waals surface area contributed by atoms with Crippen LogP contribution in [0.3, 0.4) is 0 Å². The monoisotopic (exact) mass is 433 g/mol. The minimum Gasteiger partial charge on any atom is -0.493 e. The van der Waals surface area contributed by atoms with E-state index >= 15 is 0 Å². The van der Waals surface area contributed by atoms with Crippen LogP contribution in [-0.2, 0) is 6.54 Å². The molecule has 1 fully saturated rings. The predicted molar refractivity (Wildman–Crippen MR) is 125 cm³/mol. The molecule has 4 rings (SSSR count). The van der Waals surface area contributed by atoms with Gasteiger partial charge in [0.05, 0.1) is 18.9 Å². The van der Waals surface area contributed by atoms with E-state index in [1.54, 1.807) is 7.11 Å². The van der Waals surface area contributed by atoms with Crippen molar-refractivity contribution in [2.75, 3.05) is 7.11 Å². The average Bonchev–Trinajstić information content (AvgIpc) is 3.50. The van der Waals surface area contributed by atoms with E-state index in [4.69, 9.17) is 9.47 Å². The van der Waals surface area contributed by atoms with Crippen molar-refractivity contribution in [3.8, 4) is 22.8 Å². The Hall–Kier alpha value is -3.28. The van der Waals surface area contributed by atoms with Gasteiger partial charge in [-0.2, -0.15) is 5.10 Å². The van der Waals surface area contributed by atoms with Crippen LogP contribution in [0.5, 0.6) is 11.5 Å². The lowest BCUT2D eigenvalue weighted by Gasteiger charge is -2.29. The first-order valence-electron chi connectivity index (χ1n) is 11.3. The molecule has 1 saturated carbocycles. The summed E-state index contributed by atoms with van der Waals surface area (Å²) in [6.07, 6.45) is 4.38. The van der Waals surface area contributed by atoms with Gasteiger partial charge in [-0.3, -0.25) is 9.89 Å². The third kappa shape index (κ3) is 4.96. The highest BCUT2D eigenvalue weighted by atomic mass is 16.5. The van der Waals surface area contributed by atoms with Gasteiger partial charge in [0.1, 0.15) is 5.69 Å². The van der Waals surface area contributed by atoms with Gasteiger partial charge in [0.15, 0.2) is 11.5 Å². The fraction of sp³-hybridized carbons (Fsp3) is 0.385. The molecule has 0 aliphatic heterocycles. The third-order valence-corrected chi connectivity index (χ3v) is 5.85. The zero-order valence-electron chi connectivity index (χ0n) is 19.0. The molecule has 6 heteroatoms. The van der Waals surface area contributed by atoms with Gasteiger partial charge in [0, 0.05) is 18.2 Å². The van der Waals surface area contributed by atoms with E-state index in [0.29, 0.717) is 23.7 Å². The number of nitrogens with one attached hydrogen (secondary N) is 1. The third-order valence-electron chi connectivity index (χ3n) is 5.85. The van der Waals surface area contributed by atoms with Crippen molar-refractivity contribution < 1.29 is 14.3 Å². The maximum absolute atomic E-state index is 13.6. The Morgan fingerprint density at radius 3 is 2.53 bits per heavy atom. The SMILES string of the molecule is COc1ccc(CN(C(=O)c2cc(-c3ccccc3)n[nH]2)C2CCCC2)cc1OC(C)C. The number of nitrogens with zero attached hydrogens (tertiary/aromatic N) is 2. The van der Waals surface area contributed by atoms with Gasteiger partial charge in [0.2, 0.25) is 0 Å². The Bertz CT molecular complexity index is 1040. The number of methoxy groups -OCH3 is 1. The number of hydrogen-bond acceptors (Lipinski definition) is 4. The van der Waals surface area contributed by atoms with E-state index in [0.717, 1.165) is 42.5 Å². The van der Waals surface area contributed by atoms with E-state index in [-0.39, 0.29) is 18.1 Å². The van der Waals surface area contributed by atoms with E-state index in [1.165, 1.54) is 0 Å². The summed E-state index contributed by atoms with van der Waals surface area (Å²) in [6.45, 7) is 4.49. The molecule has 168 valence electrons. The topological polar surface area (TPSA) is 67.5 Å². The van der Waals surface area contributed by atoms with E-state index < -0.39 is 0 Å². The van der Waals surface area contributed by atoms with Crippen molar-refractivity contribution in [1.82, 2.24) is 15.1 Å². The smallest absolute Gasteiger partial charge is 0.272 e. The Balaban J connectivity index is 1.60. The average molecular weight is 434 g/mol. The number of hydrogen-bond donors (Lipinski definition) is 1. The fourth-order valence-corrected chi connectivity index (χ4v) is 4.29. The molecule has 1 heterocycles. The summed E-state index contributed by atoms with van der Waals surface area (Å²) in [7, 11) is 1.64. The lowest BCUT2D eigenvalue weighted by atomic mass is 10.1. The molecule has 0 bridgehead atoms. The number of H-pyrrole nitrogens is 1. The number of carbonyl (C=O) groups is 1. The Kier molecular flexibility index (Phi) is 6.78. The maximum atomic E-state index is 13.6. The number of aromatic nitrogens is 2. The number of ether oxygens (including phenoxy) is 2. The Morgan fingerprint density at radius 2 is 1.84 bits per heavy atom. The first-order chi connectivity index (χ1) is 15.5. The molecule has 3 aromatic rings. The van der Waals surface area contributed by atoms with Crippen LogP contribution in [0.1, 0.15) is 55.6 Å². The van der Waals surface area contributed by atoms with E-state index in [9.17, 15) is 4.79 Å². The van der Waals surface area contributed by atoms with Crippen LogP contribution in [0.15, 0.2) is 54.6 Å². The number of benzene rings is 2. The highest BCUT2D eigenvalue weighted by molar-refractivity contribution is 5.93. The minimum atomic E-state index is -0.0197. The van der Waals surface area contributed by atoms with Crippen molar-refractivity contribution in [3.05, 3.63) is 65.9 Å². The highest BCUT2D eigenvalue weighted by Crippen LogP contribution is 2.32. The van der Waals surface area contributed by atoms with Crippen LogP contribution in [0.25, 0.3) is 11.3 Å². The van der Waals surface area contributed by atoms with E-state index in [1.807, 2.05) is 73.3 Å². The van der Waals surface area contributed by atoms with Crippen molar-refractivity contribution in [2.24, 2.45) is 0 Å². The standard InChI is InChI=1S/C26H31N3O3/c1-18(2)32-25-15-19(13-14-24(25)31-3)17-29(21-11-7-8-12-21)26(30)23-16-22(27-28-23)20-9-5-4-6-10-20/h4-6,9-10,13-16,18,21H,7-8,11-12,17H2,1-3H3,(H,27,28). The Labute approximate surface area is 189 Å². The summed E-state index contributed by atoms with van der Waals surface area (Å²) >= 11 is 0. The van der Waals surface area contributed by atoms with Gasteiger partial charge in [0.25, 0.3) is 5.91 Å². The van der Waals surface area contributed by atoms with Crippen LogP contribution < -0.4 is 9.47 Å². The predicted octanol–water partition coefficient (Wildman–Crippen LogP) is 5.46. The van der Waals surface area contributed by atoms with Crippen molar-refractivity contribution in [3.63, 3.8) is 0 Å². The number of rotatable bonds is 8. The van der Waals surface area contributed by atoms with Crippen LogP contribution in [-0.4, -0.2) is 40.3 Å². The second-order valence-corrected chi connectivity index (χ2v) is 8.56. The van der Waals surface area contributed by atoms with Gasteiger partial charge in [-0.05, 0) is 50.5 Å². The molecule has 6 nitrogen and oxygen atoms in total. The van der Waals surface area contributed by atoms with Crippen molar-refractivity contribution >= 4 is 5.91 Å².